The van der Waals surface area contributed by atoms with Crippen molar-refractivity contribution in [2.75, 3.05) is 0 Å². The van der Waals surface area contributed by atoms with Gasteiger partial charge in [-0.2, -0.15) is 0 Å². The molecule has 3 unspecified atom stereocenters. The van der Waals surface area contributed by atoms with Crippen molar-refractivity contribution >= 4 is 5.97 Å². The number of halogens is 3. The zero-order valence-electron chi connectivity index (χ0n) is 11.2. The highest BCUT2D eigenvalue weighted by Crippen LogP contribution is 2.43. The van der Waals surface area contributed by atoms with Crippen LogP contribution in [0.3, 0.4) is 0 Å². The van der Waals surface area contributed by atoms with Crippen LogP contribution in [0.15, 0.2) is 12.1 Å². The van der Waals surface area contributed by atoms with Crippen LogP contribution in [0.1, 0.15) is 44.1 Å². The first-order valence-electron chi connectivity index (χ1n) is 6.81. The summed E-state index contributed by atoms with van der Waals surface area (Å²) < 4.78 is 40.3. The van der Waals surface area contributed by atoms with Gasteiger partial charge in [-0.05, 0) is 36.8 Å². The van der Waals surface area contributed by atoms with Gasteiger partial charge in [-0.1, -0.05) is 19.4 Å². The number of carboxylic acid groups (broad SMARTS) is 1. The molecule has 1 fully saturated rings. The van der Waals surface area contributed by atoms with Gasteiger partial charge >= 0.3 is 5.97 Å². The van der Waals surface area contributed by atoms with Gasteiger partial charge in [0.25, 0.3) is 0 Å². The number of hydrogen-bond donors (Lipinski definition) is 1. The maximum absolute atomic E-state index is 13.9. The lowest BCUT2D eigenvalue weighted by molar-refractivity contribution is -0.144. The molecule has 1 saturated carbocycles. The number of aliphatic carboxylic acids is 1. The Hall–Kier alpha value is -1.52. The van der Waals surface area contributed by atoms with E-state index in [1.54, 1.807) is 0 Å². The fourth-order valence-corrected chi connectivity index (χ4v) is 3.09. The number of rotatable bonds is 3. The zero-order valence-corrected chi connectivity index (χ0v) is 11.2. The second kappa shape index (κ2) is 5.85. The highest BCUT2D eigenvalue weighted by molar-refractivity contribution is 5.71. The minimum Gasteiger partial charge on any atom is -0.481 e. The quantitative estimate of drug-likeness (QED) is 0.849. The molecule has 0 amide bonds. The largest absolute Gasteiger partial charge is 0.481 e. The molecular formula is C15H17F3O2. The summed E-state index contributed by atoms with van der Waals surface area (Å²) in [5.41, 5.74) is -0.0190. The molecule has 3 atom stereocenters. The molecule has 0 aliphatic heterocycles. The van der Waals surface area contributed by atoms with Crippen molar-refractivity contribution in [2.45, 2.75) is 38.5 Å². The second-order valence-electron chi connectivity index (χ2n) is 5.40. The average molecular weight is 286 g/mol. The van der Waals surface area contributed by atoms with Crippen molar-refractivity contribution in [3.05, 3.63) is 35.1 Å². The summed E-state index contributed by atoms with van der Waals surface area (Å²) in [7, 11) is 0. The van der Waals surface area contributed by atoms with Gasteiger partial charge in [0.05, 0.1) is 5.92 Å². The molecule has 1 N–H and O–H groups in total. The van der Waals surface area contributed by atoms with E-state index in [4.69, 9.17) is 0 Å². The van der Waals surface area contributed by atoms with E-state index in [0.717, 1.165) is 18.9 Å². The van der Waals surface area contributed by atoms with E-state index in [9.17, 15) is 23.1 Å². The number of carbonyl (C=O) groups is 1. The highest BCUT2D eigenvalue weighted by atomic mass is 19.2. The van der Waals surface area contributed by atoms with Gasteiger partial charge in [0.1, 0.15) is 0 Å². The number of hydrogen-bond acceptors (Lipinski definition) is 1. The van der Waals surface area contributed by atoms with Gasteiger partial charge < -0.3 is 5.11 Å². The van der Waals surface area contributed by atoms with Crippen LogP contribution in [0, 0.1) is 29.3 Å². The molecule has 0 saturated heterocycles. The molecule has 1 aromatic carbocycles. The van der Waals surface area contributed by atoms with Gasteiger partial charge in [-0.25, -0.2) is 13.2 Å². The topological polar surface area (TPSA) is 37.3 Å². The number of benzene rings is 1. The molecular weight excluding hydrogens is 269 g/mol. The lowest BCUT2D eigenvalue weighted by atomic mass is 9.70. The highest BCUT2D eigenvalue weighted by Gasteiger charge is 2.37. The summed E-state index contributed by atoms with van der Waals surface area (Å²) in [6.45, 7) is 1.99. The Kier molecular flexibility index (Phi) is 4.35. The Labute approximate surface area is 115 Å². The first-order chi connectivity index (χ1) is 9.45. The first kappa shape index (κ1) is 14.9. The minimum atomic E-state index is -1.52. The van der Waals surface area contributed by atoms with Crippen LogP contribution < -0.4 is 0 Å². The molecule has 5 heteroatoms. The lowest BCUT2D eigenvalue weighted by Crippen LogP contribution is -2.30. The van der Waals surface area contributed by atoms with E-state index in [2.05, 4.69) is 0 Å². The van der Waals surface area contributed by atoms with Crippen LogP contribution in [0.25, 0.3) is 0 Å². The lowest BCUT2D eigenvalue weighted by Gasteiger charge is -2.34. The van der Waals surface area contributed by atoms with Crippen LogP contribution in [-0.2, 0) is 4.79 Å². The fourth-order valence-electron chi connectivity index (χ4n) is 3.09. The molecule has 1 aliphatic rings. The Morgan fingerprint density at radius 3 is 2.55 bits per heavy atom. The van der Waals surface area contributed by atoms with Gasteiger partial charge in [0.15, 0.2) is 17.5 Å². The molecule has 1 aromatic rings. The maximum atomic E-state index is 13.9. The molecule has 0 heterocycles. The van der Waals surface area contributed by atoms with Crippen LogP contribution in [0.2, 0.25) is 0 Å². The van der Waals surface area contributed by atoms with Gasteiger partial charge in [-0.15, -0.1) is 0 Å². The summed E-state index contributed by atoms with van der Waals surface area (Å²) in [6, 6.07) is 2.04. The average Bonchev–Trinajstić information content (AvgIpc) is 2.44. The van der Waals surface area contributed by atoms with Crippen LogP contribution in [-0.4, -0.2) is 11.1 Å². The predicted octanol–water partition coefficient (Wildman–Crippen LogP) is 4.10. The van der Waals surface area contributed by atoms with E-state index in [1.165, 1.54) is 6.07 Å². The fraction of sp³-hybridized carbons (Fsp3) is 0.533. The summed E-state index contributed by atoms with van der Waals surface area (Å²) >= 11 is 0. The van der Waals surface area contributed by atoms with Crippen molar-refractivity contribution in [3.63, 3.8) is 0 Å². The van der Waals surface area contributed by atoms with E-state index in [1.807, 2.05) is 6.92 Å². The third-order valence-corrected chi connectivity index (χ3v) is 4.32. The summed E-state index contributed by atoms with van der Waals surface area (Å²) in [6.07, 6.45) is 2.58. The molecule has 0 aromatic heterocycles. The monoisotopic (exact) mass is 286 g/mol. The van der Waals surface area contributed by atoms with E-state index < -0.39 is 35.3 Å². The Balaban J connectivity index is 2.40. The molecule has 110 valence electrons. The zero-order chi connectivity index (χ0) is 14.9. The summed E-state index contributed by atoms with van der Waals surface area (Å²) in [5, 5.41) is 9.25. The van der Waals surface area contributed by atoms with Crippen LogP contribution in [0.5, 0.6) is 0 Å². The van der Waals surface area contributed by atoms with Crippen LogP contribution in [0.4, 0.5) is 13.2 Å². The van der Waals surface area contributed by atoms with Gasteiger partial charge in [-0.3, -0.25) is 4.79 Å². The van der Waals surface area contributed by atoms with Gasteiger partial charge in [0.2, 0.25) is 0 Å². The molecule has 1 aliphatic carbocycles. The molecule has 0 spiro atoms. The SMILES string of the molecule is CCC1CCC(C(=O)O)C(c2ccc(F)c(F)c2F)C1. The Bertz CT molecular complexity index is 516. The van der Waals surface area contributed by atoms with Crippen molar-refractivity contribution in [3.8, 4) is 0 Å². The molecule has 20 heavy (non-hydrogen) atoms. The summed E-state index contributed by atoms with van der Waals surface area (Å²) in [5.74, 6) is -6.07. The minimum absolute atomic E-state index is 0.0190. The Morgan fingerprint density at radius 1 is 1.25 bits per heavy atom. The Morgan fingerprint density at radius 2 is 1.95 bits per heavy atom. The first-order valence-corrected chi connectivity index (χ1v) is 6.81. The normalized spacial score (nSPS) is 26.5. The summed E-state index contributed by atoms with van der Waals surface area (Å²) in [4.78, 5) is 11.3. The molecule has 2 rings (SSSR count). The van der Waals surface area contributed by atoms with Crippen molar-refractivity contribution in [1.29, 1.82) is 0 Å². The molecule has 2 nitrogen and oxygen atoms in total. The van der Waals surface area contributed by atoms with E-state index in [-0.39, 0.29) is 5.56 Å². The number of carboxylic acids is 1. The third-order valence-electron chi connectivity index (χ3n) is 4.32. The van der Waals surface area contributed by atoms with Gasteiger partial charge in [0, 0.05) is 5.92 Å². The predicted molar refractivity (Wildman–Crippen MR) is 67.8 cm³/mol. The van der Waals surface area contributed by atoms with Crippen molar-refractivity contribution in [2.24, 2.45) is 11.8 Å². The van der Waals surface area contributed by atoms with E-state index >= 15 is 0 Å². The molecule has 0 radical (unpaired) electrons. The van der Waals surface area contributed by atoms with Crippen LogP contribution >= 0.6 is 0 Å². The molecule has 0 bridgehead atoms. The third kappa shape index (κ3) is 2.67. The standard InChI is InChI=1S/C15H17F3O2/c1-2-8-3-4-10(15(19)20)11(7-8)9-5-6-12(16)14(18)13(9)17/h5-6,8,10-11H,2-4,7H2,1H3,(H,19,20). The smallest absolute Gasteiger partial charge is 0.307 e. The van der Waals surface area contributed by atoms with E-state index in [0.29, 0.717) is 18.8 Å². The second-order valence-corrected chi connectivity index (χ2v) is 5.40. The maximum Gasteiger partial charge on any atom is 0.307 e. The van der Waals surface area contributed by atoms with Crippen molar-refractivity contribution in [1.82, 2.24) is 0 Å². The van der Waals surface area contributed by atoms with Crippen molar-refractivity contribution < 1.29 is 23.1 Å².